The number of aromatic amines is 1. The molecule has 0 fully saturated rings. The van der Waals surface area contributed by atoms with Gasteiger partial charge in [-0.3, -0.25) is 9.78 Å². The van der Waals surface area contributed by atoms with Crippen LogP contribution in [0, 0.1) is 6.92 Å². The second kappa shape index (κ2) is 5.69. The van der Waals surface area contributed by atoms with Gasteiger partial charge in [0.25, 0.3) is 0 Å². The summed E-state index contributed by atoms with van der Waals surface area (Å²) >= 11 is 0. The maximum atomic E-state index is 11.9. The number of methoxy groups -OCH3 is 1. The molecule has 2 heterocycles. The van der Waals surface area contributed by atoms with E-state index in [0.29, 0.717) is 29.7 Å². The minimum atomic E-state index is -0.515. The van der Waals surface area contributed by atoms with Crippen molar-refractivity contribution in [2.24, 2.45) is 0 Å². The van der Waals surface area contributed by atoms with Gasteiger partial charge in [0.2, 0.25) is 0 Å². The Kier molecular flexibility index (Phi) is 3.98. The Hall–Kier alpha value is -2.43. The number of nitrogens with one attached hydrogen (secondary N) is 1. The fourth-order valence-corrected chi connectivity index (χ4v) is 2.23. The molecule has 0 atom stereocenters. The first-order chi connectivity index (χ1) is 9.62. The molecule has 5 heteroatoms. The summed E-state index contributed by atoms with van der Waals surface area (Å²) in [6.07, 6.45) is 2.92. The molecule has 0 amide bonds. The average Bonchev–Trinajstić information content (AvgIpc) is 2.85. The molecule has 0 saturated carbocycles. The minimum Gasteiger partial charge on any atom is -0.465 e. The molecular weight excluding hydrogens is 256 g/mol. The standard InChI is InChI=1S/C15H16N2O3/c1-4-10-13(15(19)20-3)12(8-18)17-14(10)11-7-9(2)5-6-16-11/h5-8,17H,4H2,1-3H3. The van der Waals surface area contributed by atoms with E-state index in [4.69, 9.17) is 4.74 Å². The van der Waals surface area contributed by atoms with Gasteiger partial charge >= 0.3 is 5.97 Å². The van der Waals surface area contributed by atoms with Crippen LogP contribution in [0.1, 0.15) is 38.9 Å². The van der Waals surface area contributed by atoms with Crippen molar-refractivity contribution in [2.45, 2.75) is 20.3 Å². The number of hydrogen-bond donors (Lipinski definition) is 1. The van der Waals surface area contributed by atoms with E-state index in [9.17, 15) is 9.59 Å². The first-order valence-electron chi connectivity index (χ1n) is 6.33. The highest BCUT2D eigenvalue weighted by Crippen LogP contribution is 2.28. The molecule has 2 rings (SSSR count). The first-order valence-corrected chi connectivity index (χ1v) is 6.33. The van der Waals surface area contributed by atoms with Gasteiger partial charge in [0, 0.05) is 6.20 Å². The molecule has 0 aliphatic carbocycles. The van der Waals surface area contributed by atoms with Crippen LogP contribution < -0.4 is 0 Å². The molecule has 20 heavy (non-hydrogen) atoms. The van der Waals surface area contributed by atoms with E-state index in [1.54, 1.807) is 6.20 Å². The maximum absolute atomic E-state index is 11.9. The van der Waals surface area contributed by atoms with Crippen LogP contribution in [0.4, 0.5) is 0 Å². The zero-order chi connectivity index (χ0) is 14.7. The summed E-state index contributed by atoms with van der Waals surface area (Å²) < 4.78 is 4.76. The average molecular weight is 272 g/mol. The summed E-state index contributed by atoms with van der Waals surface area (Å²) in [5, 5.41) is 0. The lowest BCUT2D eigenvalue weighted by molar-refractivity contribution is 0.0597. The fraction of sp³-hybridized carbons (Fsp3) is 0.267. The fourth-order valence-electron chi connectivity index (χ4n) is 2.23. The van der Waals surface area contributed by atoms with Gasteiger partial charge in [-0.1, -0.05) is 6.92 Å². The highest BCUT2D eigenvalue weighted by molar-refractivity contribution is 6.01. The van der Waals surface area contributed by atoms with Gasteiger partial charge in [-0.25, -0.2) is 4.79 Å². The Morgan fingerprint density at radius 2 is 2.25 bits per heavy atom. The largest absolute Gasteiger partial charge is 0.465 e. The summed E-state index contributed by atoms with van der Waals surface area (Å²) in [6, 6.07) is 3.79. The van der Waals surface area contributed by atoms with E-state index in [1.807, 2.05) is 26.0 Å². The number of H-pyrrole nitrogens is 1. The number of hydrogen-bond acceptors (Lipinski definition) is 4. The second-order valence-corrected chi connectivity index (χ2v) is 4.45. The Balaban J connectivity index is 2.68. The number of rotatable bonds is 4. The van der Waals surface area contributed by atoms with Crippen molar-refractivity contribution in [2.75, 3.05) is 7.11 Å². The molecule has 0 bridgehead atoms. The maximum Gasteiger partial charge on any atom is 0.340 e. The minimum absolute atomic E-state index is 0.229. The number of aldehydes is 1. The van der Waals surface area contributed by atoms with Gasteiger partial charge in [0.05, 0.1) is 29.8 Å². The molecule has 0 aliphatic rings. The number of aromatic nitrogens is 2. The van der Waals surface area contributed by atoms with Crippen LogP contribution in [0.3, 0.4) is 0 Å². The summed E-state index contributed by atoms with van der Waals surface area (Å²) in [5.41, 5.74) is 3.73. The van der Waals surface area contributed by atoms with Crippen molar-refractivity contribution in [1.29, 1.82) is 0 Å². The predicted octanol–water partition coefficient (Wildman–Crippen LogP) is 2.55. The molecule has 0 spiro atoms. The highest BCUT2D eigenvalue weighted by Gasteiger charge is 2.23. The molecule has 2 aromatic heterocycles. The third-order valence-corrected chi connectivity index (χ3v) is 3.17. The van der Waals surface area contributed by atoms with Gasteiger partial charge < -0.3 is 9.72 Å². The number of aryl methyl sites for hydroxylation is 1. The van der Waals surface area contributed by atoms with Crippen LogP contribution in [0.25, 0.3) is 11.4 Å². The van der Waals surface area contributed by atoms with Gasteiger partial charge in [-0.15, -0.1) is 0 Å². The summed E-state index contributed by atoms with van der Waals surface area (Å²) in [7, 11) is 1.30. The smallest absolute Gasteiger partial charge is 0.340 e. The summed E-state index contributed by atoms with van der Waals surface area (Å²) in [6.45, 7) is 3.88. The molecule has 1 N–H and O–H groups in total. The van der Waals surface area contributed by atoms with Crippen molar-refractivity contribution in [1.82, 2.24) is 9.97 Å². The lowest BCUT2D eigenvalue weighted by Gasteiger charge is -2.04. The number of pyridine rings is 1. The van der Waals surface area contributed by atoms with E-state index in [2.05, 4.69) is 9.97 Å². The normalized spacial score (nSPS) is 10.3. The Bertz CT molecular complexity index is 659. The number of carbonyl (C=O) groups is 2. The molecule has 2 aromatic rings. The molecule has 104 valence electrons. The van der Waals surface area contributed by atoms with Gasteiger partial charge in [-0.2, -0.15) is 0 Å². The summed E-state index contributed by atoms with van der Waals surface area (Å²) in [5.74, 6) is -0.515. The molecule has 0 aliphatic heterocycles. The SMILES string of the molecule is CCc1c(-c2cc(C)ccn2)[nH]c(C=O)c1C(=O)OC. The lowest BCUT2D eigenvalue weighted by atomic mass is 10.0. The molecule has 0 unspecified atom stereocenters. The van der Waals surface area contributed by atoms with Gasteiger partial charge in [-0.05, 0) is 36.6 Å². The Morgan fingerprint density at radius 3 is 2.80 bits per heavy atom. The third kappa shape index (κ3) is 2.34. The Morgan fingerprint density at radius 1 is 1.50 bits per heavy atom. The van der Waals surface area contributed by atoms with Crippen LogP contribution in [0.2, 0.25) is 0 Å². The van der Waals surface area contributed by atoms with Crippen LogP contribution in [-0.2, 0) is 11.2 Å². The van der Waals surface area contributed by atoms with E-state index in [0.717, 1.165) is 11.1 Å². The van der Waals surface area contributed by atoms with Crippen molar-refractivity contribution in [3.8, 4) is 11.4 Å². The van der Waals surface area contributed by atoms with Crippen LogP contribution in [-0.4, -0.2) is 29.3 Å². The number of ether oxygens (including phenoxy) is 1. The molecule has 5 nitrogen and oxygen atoms in total. The molecule has 0 radical (unpaired) electrons. The van der Waals surface area contributed by atoms with Crippen LogP contribution in [0.15, 0.2) is 18.3 Å². The van der Waals surface area contributed by atoms with Crippen LogP contribution in [0.5, 0.6) is 0 Å². The first kappa shape index (κ1) is 14.0. The third-order valence-electron chi connectivity index (χ3n) is 3.17. The van der Waals surface area contributed by atoms with Crippen molar-refractivity contribution >= 4 is 12.3 Å². The monoisotopic (exact) mass is 272 g/mol. The van der Waals surface area contributed by atoms with Gasteiger partial charge in [0.15, 0.2) is 6.29 Å². The van der Waals surface area contributed by atoms with E-state index in [1.165, 1.54) is 7.11 Å². The molecular formula is C15H16N2O3. The number of esters is 1. The van der Waals surface area contributed by atoms with Crippen molar-refractivity contribution in [3.05, 3.63) is 40.7 Å². The van der Waals surface area contributed by atoms with E-state index < -0.39 is 5.97 Å². The highest BCUT2D eigenvalue weighted by atomic mass is 16.5. The molecule has 0 aromatic carbocycles. The predicted molar refractivity (Wildman–Crippen MR) is 74.9 cm³/mol. The topological polar surface area (TPSA) is 72.0 Å². The summed E-state index contributed by atoms with van der Waals surface area (Å²) in [4.78, 5) is 30.3. The zero-order valence-electron chi connectivity index (χ0n) is 11.7. The second-order valence-electron chi connectivity index (χ2n) is 4.45. The quantitative estimate of drug-likeness (QED) is 0.685. The van der Waals surface area contributed by atoms with Gasteiger partial charge in [0.1, 0.15) is 0 Å². The molecule has 0 saturated heterocycles. The van der Waals surface area contributed by atoms with Crippen molar-refractivity contribution < 1.29 is 14.3 Å². The lowest BCUT2D eigenvalue weighted by Crippen LogP contribution is -2.06. The van der Waals surface area contributed by atoms with E-state index in [-0.39, 0.29) is 5.69 Å². The Labute approximate surface area is 117 Å². The number of nitrogens with zero attached hydrogens (tertiary/aromatic N) is 1. The zero-order valence-corrected chi connectivity index (χ0v) is 11.7. The van der Waals surface area contributed by atoms with Crippen molar-refractivity contribution in [3.63, 3.8) is 0 Å². The number of carbonyl (C=O) groups excluding carboxylic acids is 2. The van der Waals surface area contributed by atoms with Crippen LogP contribution >= 0.6 is 0 Å². The van der Waals surface area contributed by atoms with E-state index >= 15 is 0 Å².